The van der Waals surface area contributed by atoms with Crippen molar-refractivity contribution in [1.29, 1.82) is 0 Å². The van der Waals surface area contributed by atoms with E-state index >= 15 is 0 Å². The van der Waals surface area contributed by atoms with Gasteiger partial charge in [0.25, 0.3) is 0 Å². The van der Waals surface area contributed by atoms with Crippen molar-refractivity contribution in [3.8, 4) is 28.1 Å². The molecule has 0 aliphatic heterocycles. The highest BCUT2D eigenvalue weighted by atomic mass is 15.3. The molecule has 0 fully saturated rings. The first-order chi connectivity index (χ1) is 19.1. The molecule has 0 saturated carbocycles. The smallest absolute Gasteiger partial charge is 0.0746 e. The molecule has 0 atom stereocenters. The zero-order chi connectivity index (χ0) is 26.6. The van der Waals surface area contributed by atoms with E-state index in [0.717, 1.165) is 11.4 Å². The molecule has 1 heterocycles. The van der Waals surface area contributed by atoms with E-state index < -0.39 is 0 Å². The van der Waals surface area contributed by atoms with Gasteiger partial charge in [0.1, 0.15) is 0 Å². The maximum Gasteiger partial charge on any atom is 0.0746 e. The van der Waals surface area contributed by atoms with Gasteiger partial charge in [-0.15, -0.1) is 0 Å². The highest BCUT2D eigenvalue weighted by molar-refractivity contribution is 5.86. The van der Waals surface area contributed by atoms with Gasteiger partial charge >= 0.3 is 0 Å². The molecule has 0 saturated heterocycles. The molecule has 2 heteroatoms. The molecular weight excluding hydrogens is 472 g/mol. The predicted octanol–water partition coefficient (Wildman–Crippen LogP) is 8.83. The highest BCUT2D eigenvalue weighted by Crippen LogP contribution is 2.55. The van der Waals surface area contributed by atoms with Crippen LogP contribution >= 0.6 is 0 Å². The minimum Gasteiger partial charge on any atom is -0.233 e. The zero-order valence-corrected chi connectivity index (χ0v) is 22.5. The number of fused-ring (bicyclic) bond motifs is 3. The molecule has 1 aliphatic rings. The summed E-state index contributed by atoms with van der Waals surface area (Å²) in [4.78, 5) is 0. The fraction of sp³-hybridized carbons (Fsp3) is 0.108. The monoisotopic (exact) mass is 502 g/mol. The van der Waals surface area contributed by atoms with Crippen molar-refractivity contribution < 1.29 is 0 Å². The third-order valence-electron chi connectivity index (χ3n) is 8.28. The van der Waals surface area contributed by atoms with Crippen LogP contribution in [0.5, 0.6) is 0 Å². The van der Waals surface area contributed by atoms with Crippen molar-refractivity contribution in [2.24, 2.45) is 0 Å². The molecule has 0 amide bonds. The minimum absolute atomic E-state index is 0.385. The fourth-order valence-corrected chi connectivity index (χ4v) is 6.85. The Bertz CT molecular complexity index is 1760. The summed E-state index contributed by atoms with van der Waals surface area (Å²) in [6.45, 7) is 6.53. The summed E-state index contributed by atoms with van der Waals surface area (Å²) in [5.41, 5.74) is 14.7. The summed E-state index contributed by atoms with van der Waals surface area (Å²) < 4.78 is 2.07. The van der Waals surface area contributed by atoms with Crippen molar-refractivity contribution in [3.63, 3.8) is 0 Å². The molecular formula is C37H30N2. The first kappa shape index (κ1) is 23.4. The molecule has 0 spiro atoms. The number of aryl methyl sites for hydroxylation is 3. The average molecular weight is 503 g/mol. The first-order valence-corrected chi connectivity index (χ1v) is 13.6. The van der Waals surface area contributed by atoms with Crippen LogP contribution in [-0.4, -0.2) is 9.78 Å². The normalized spacial score (nSPS) is 13.2. The Hall–Kier alpha value is -4.69. The maximum absolute atomic E-state index is 4.76. The van der Waals surface area contributed by atoms with E-state index in [9.17, 15) is 0 Å². The van der Waals surface area contributed by atoms with Crippen LogP contribution in [0.15, 0.2) is 128 Å². The van der Waals surface area contributed by atoms with E-state index in [0.29, 0.717) is 0 Å². The van der Waals surface area contributed by atoms with Crippen LogP contribution in [-0.2, 0) is 5.41 Å². The van der Waals surface area contributed by atoms with Gasteiger partial charge in [0.05, 0.1) is 23.0 Å². The highest BCUT2D eigenvalue weighted by Gasteiger charge is 2.45. The predicted molar refractivity (Wildman–Crippen MR) is 161 cm³/mol. The summed E-state index contributed by atoms with van der Waals surface area (Å²) >= 11 is 0. The minimum atomic E-state index is -0.385. The zero-order valence-electron chi connectivity index (χ0n) is 22.5. The standard InChI is InChI=1S/C37H30N2/c1-25-23-26(2)36(27(3)24-25)35-21-22-38-39(35)30-19-17-29(18-20-30)37(28-11-5-4-6-12-28)33-15-9-7-13-31(33)32-14-8-10-16-34(32)37/h4-24H,1-3H3. The van der Waals surface area contributed by atoms with Gasteiger partial charge in [-0.05, 0) is 83.5 Å². The molecule has 0 bridgehead atoms. The maximum atomic E-state index is 4.76. The Morgan fingerprint density at radius 3 is 1.72 bits per heavy atom. The van der Waals surface area contributed by atoms with Gasteiger partial charge in [-0.3, -0.25) is 0 Å². The molecule has 39 heavy (non-hydrogen) atoms. The van der Waals surface area contributed by atoms with Gasteiger partial charge in [-0.1, -0.05) is 109 Å². The summed E-state index contributed by atoms with van der Waals surface area (Å²) in [5.74, 6) is 0. The lowest BCUT2D eigenvalue weighted by molar-refractivity contribution is 0.766. The van der Waals surface area contributed by atoms with Gasteiger partial charge < -0.3 is 0 Å². The molecule has 2 nitrogen and oxygen atoms in total. The SMILES string of the molecule is Cc1cc(C)c(-c2ccnn2-c2ccc(C3(c4ccccc4)c4ccccc4-c4ccccc43)cc2)c(C)c1. The van der Waals surface area contributed by atoms with Crippen LogP contribution in [0.1, 0.15) is 38.9 Å². The van der Waals surface area contributed by atoms with Crippen molar-refractivity contribution >= 4 is 0 Å². The van der Waals surface area contributed by atoms with E-state index in [4.69, 9.17) is 5.10 Å². The van der Waals surface area contributed by atoms with E-state index in [2.05, 4.69) is 147 Å². The van der Waals surface area contributed by atoms with Crippen LogP contribution in [0, 0.1) is 20.8 Å². The average Bonchev–Trinajstić information content (AvgIpc) is 3.55. The molecule has 0 N–H and O–H groups in total. The van der Waals surface area contributed by atoms with E-state index in [-0.39, 0.29) is 5.41 Å². The lowest BCUT2D eigenvalue weighted by atomic mass is 9.68. The second kappa shape index (κ2) is 8.96. The summed E-state index contributed by atoms with van der Waals surface area (Å²) in [7, 11) is 0. The van der Waals surface area contributed by atoms with Gasteiger partial charge in [0.2, 0.25) is 0 Å². The Kier molecular flexibility index (Phi) is 5.38. The number of hydrogen-bond acceptors (Lipinski definition) is 1. The quantitative estimate of drug-likeness (QED) is 0.235. The van der Waals surface area contributed by atoms with Crippen LogP contribution in [0.4, 0.5) is 0 Å². The third-order valence-corrected chi connectivity index (χ3v) is 8.28. The number of rotatable bonds is 4. The lowest BCUT2D eigenvalue weighted by Gasteiger charge is -2.34. The molecule has 0 radical (unpaired) electrons. The molecule has 5 aromatic carbocycles. The number of hydrogen-bond donors (Lipinski definition) is 0. The van der Waals surface area contributed by atoms with E-state index in [1.165, 1.54) is 55.6 Å². The van der Waals surface area contributed by atoms with E-state index in [1.807, 2.05) is 6.20 Å². The molecule has 0 unspecified atom stereocenters. The number of aromatic nitrogens is 2. The van der Waals surface area contributed by atoms with Gasteiger partial charge in [0, 0.05) is 5.56 Å². The Balaban J connectivity index is 1.42. The number of benzene rings is 5. The second-order valence-electron chi connectivity index (χ2n) is 10.7. The van der Waals surface area contributed by atoms with Crippen LogP contribution in [0.25, 0.3) is 28.1 Å². The van der Waals surface area contributed by atoms with Crippen LogP contribution < -0.4 is 0 Å². The van der Waals surface area contributed by atoms with E-state index in [1.54, 1.807) is 0 Å². The Morgan fingerprint density at radius 2 is 1.10 bits per heavy atom. The second-order valence-corrected chi connectivity index (χ2v) is 10.7. The molecule has 1 aromatic heterocycles. The number of nitrogens with zero attached hydrogens (tertiary/aromatic N) is 2. The van der Waals surface area contributed by atoms with Crippen molar-refractivity contribution in [3.05, 3.63) is 166 Å². The lowest BCUT2D eigenvalue weighted by Crippen LogP contribution is -2.28. The summed E-state index contributed by atoms with van der Waals surface area (Å²) in [5, 5.41) is 4.76. The van der Waals surface area contributed by atoms with Gasteiger partial charge in [-0.25, -0.2) is 4.68 Å². The summed E-state index contributed by atoms with van der Waals surface area (Å²) in [6, 6.07) is 44.3. The van der Waals surface area contributed by atoms with Crippen molar-refractivity contribution in [1.82, 2.24) is 9.78 Å². The van der Waals surface area contributed by atoms with Crippen molar-refractivity contribution in [2.45, 2.75) is 26.2 Å². The Labute approximate surface area is 230 Å². The summed E-state index contributed by atoms with van der Waals surface area (Å²) in [6.07, 6.45) is 1.90. The fourth-order valence-electron chi connectivity index (χ4n) is 6.85. The third kappa shape index (κ3) is 3.45. The molecule has 6 aromatic rings. The molecule has 1 aliphatic carbocycles. The molecule has 7 rings (SSSR count). The van der Waals surface area contributed by atoms with Crippen LogP contribution in [0.2, 0.25) is 0 Å². The Morgan fingerprint density at radius 1 is 0.564 bits per heavy atom. The molecule has 188 valence electrons. The first-order valence-electron chi connectivity index (χ1n) is 13.6. The van der Waals surface area contributed by atoms with Crippen molar-refractivity contribution in [2.75, 3.05) is 0 Å². The largest absolute Gasteiger partial charge is 0.233 e. The topological polar surface area (TPSA) is 17.8 Å². The van der Waals surface area contributed by atoms with Gasteiger partial charge in [0.15, 0.2) is 0 Å². The van der Waals surface area contributed by atoms with Crippen LogP contribution in [0.3, 0.4) is 0 Å². The van der Waals surface area contributed by atoms with Gasteiger partial charge in [-0.2, -0.15) is 5.10 Å².